The average Bonchev–Trinajstić information content (AvgIpc) is 3.32. The molecule has 0 fully saturated rings. The van der Waals surface area contributed by atoms with Crippen LogP contribution in [0.5, 0.6) is 0 Å². The number of hydrogen-bond donors (Lipinski definition) is 3. The summed E-state index contributed by atoms with van der Waals surface area (Å²) in [7, 11) is 0. The maximum Gasteiger partial charge on any atom is 0.220 e. The van der Waals surface area contributed by atoms with E-state index in [-0.39, 0.29) is 12.5 Å². The van der Waals surface area contributed by atoms with E-state index in [0.29, 0.717) is 6.42 Å². The first kappa shape index (κ1) is 64.6. The van der Waals surface area contributed by atoms with Gasteiger partial charge in [0.05, 0.1) is 18.8 Å². The number of nitrogens with one attached hydrogen (secondary N) is 1. The Bertz CT molecular complexity index is 1010. The number of hydrogen-bond acceptors (Lipinski definition) is 3. The molecule has 4 nitrogen and oxygen atoms in total. The fraction of sp³-hybridized carbons (Fsp3) is 0.887. The summed E-state index contributed by atoms with van der Waals surface area (Å²) < 4.78 is 0. The second-order valence-electron chi connectivity index (χ2n) is 20.8. The molecule has 0 aliphatic carbocycles. The summed E-state index contributed by atoms with van der Waals surface area (Å²) >= 11 is 0. The molecule has 0 bridgehead atoms. The highest BCUT2D eigenvalue weighted by atomic mass is 16.3. The third kappa shape index (κ3) is 53.6. The van der Waals surface area contributed by atoms with Gasteiger partial charge in [-0.3, -0.25) is 4.79 Å². The summed E-state index contributed by atoms with van der Waals surface area (Å²) in [4.78, 5) is 12.5. The quantitative estimate of drug-likeness (QED) is 0.0420. The molecule has 390 valence electrons. The molecule has 0 saturated carbocycles. The Hall–Kier alpha value is -1.39. The molecule has 3 N–H and O–H groups in total. The lowest BCUT2D eigenvalue weighted by Gasteiger charge is -2.20. The van der Waals surface area contributed by atoms with E-state index in [4.69, 9.17) is 0 Å². The van der Waals surface area contributed by atoms with Crippen molar-refractivity contribution in [1.82, 2.24) is 5.32 Å². The van der Waals surface area contributed by atoms with Gasteiger partial charge in [0.2, 0.25) is 5.91 Å². The zero-order chi connectivity index (χ0) is 47.7. The molecule has 2 atom stereocenters. The zero-order valence-electron chi connectivity index (χ0n) is 45.0. The van der Waals surface area contributed by atoms with Crippen LogP contribution in [-0.2, 0) is 4.79 Å². The predicted molar refractivity (Wildman–Crippen MR) is 295 cm³/mol. The smallest absolute Gasteiger partial charge is 0.220 e. The third-order valence-corrected chi connectivity index (χ3v) is 14.1. The molecule has 0 aromatic heterocycles. The molecule has 0 radical (unpaired) electrons. The van der Waals surface area contributed by atoms with Gasteiger partial charge in [-0.05, 0) is 51.4 Å². The molecule has 4 heteroatoms. The van der Waals surface area contributed by atoms with Crippen LogP contribution in [0.3, 0.4) is 0 Å². The van der Waals surface area contributed by atoms with Crippen LogP contribution >= 0.6 is 0 Å². The standard InChI is InChI=1S/C62H119NO3/c1-3-5-7-9-11-13-15-17-19-21-23-25-27-29-30-31-32-34-36-38-40-42-44-46-48-50-52-54-56-58-62(66)63-60(59-64)61(65)57-55-53-51-49-47-45-43-41-39-37-35-33-28-26-24-22-20-18-16-14-12-10-8-6-4-2/h23,25,29-30,55,57,60-61,64-65H,3-22,24,26-28,31-54,56,58-59H2,1-2H3,(H,63,66)/b25-23-,30-29-,57-55+. The average molecular weight is 927 g/mol. The summed E-state index contributed by atoms with van der Waals surface area (Å²) in [5, 5.41) is 23.2. The molecule has 0 saturated heterocycles. The number of aliphatic hydroxyl groups is 2. The number of carbonyl (C=O) groups is 1. The largest absolute Gasteiger partial charge is 0.394 e. The zero-order valence-corrected chi connectivity index (χ0v) is 45.0. The Balaban J connectivity index is 3.47. The number of rotatable bonds is 56. The second-order valence-corrected chi connectivity index (χ2v) is 20.8. The molecule has 0 aliphatic rings. The molecular formula is C62H119NO3. The van der Waals surface area contributed by atoms with Crippen LogP contribution in [0.4, 0.5) is 0 Å². The van der Waals surface area contributed by atoms with Crippen molar-refractivity contribution in [1.29, 1.82) is 0 Å². The van der Waals surface area contributed by atoms with Crippen molar-refractivity contribution in [2.45, 2.75) is 347 Å². The summed E-state index contributed by atoms with van der Waals surface area (Å²) in [5.74, 6) is -0.0600. The SMILES string of the molecule is CCCCCCCCCCC/C=C\C/C=C\CCCCCCCCCCCCCCCC(=O)NC(CO)C(O)/C=C/CCCCCCCCCCCCCCCCCCCCCCCCC. The first-order valence-corrected chi connectivity index (χ1v) is 30.2. The molecule has 0 spiro atoms. The van der Waals surface area contributed by atoms with Crippen LogP contribution < -0.4 is 5.32 Å². The Morgan fingerprint density at radius 1 is 0.364 bits per heavy atom. The van der Waals surface area contributed by atoms with Gasteiger partial charge >= 0.3 is 0 Å². The molecule has 0 aliphatic heterocycles. The number of carbonyl (C=O) groups excluding carboxylic acids is 1. The highest BCUT2D eigenvalue weighted by Crippen LogP contribution is 2.18. The van der Waals surface area contributed by atoms with Crippen molar-refractivity contribution < 1.29 is 15.0 Å². The highest BCUT2D eigenvalue weighted by Gasteiger charge is 2.18. The predicted octanol–water partition coefficient (Wildman–Crippen LogP) is 20.0. The van der Waals surface area contributed by atoms with Gasteiger partial charge in [-0.1, -0.05) is 314 Å². The number of aliphatic hydroxyl groups excluding tert-OH is 2. The van der Waals surface area contributed by atoms with Gasteiger partial charge in [0.1, 0.15) is 0 Å². The van der Waals surface area contributed by atoms with Crippen LogP contribution in [0, 0.1) is 0 Å². The molecule has 0 aromatic rings. The van der Waals surface area contributed by atoms with Crippen LogP contribution in [0.1, 0.15) is 335 Å². The molecule has 0 heterocycles. The van der Waals surface area contributed by atoms with Gasteiger partial charge < -0.3 is 15.5 Å². The summed E-state index contributed by atoms with van der Waals surface area (Å²) in [6.07, 6.45) is 79.0. The minimum atomic E-state index is -0.840. The fourth-order valence-electron chi connectivity index (χ4n) is 9.51. The molecule has 0 aromatic carbocycles. The molecule has 2 unspecified atom stereocenters. The van der Waals surface area contributed by atoms with Gasteiger partial charge in [-0.15, -0.1) is 0 Å². The molecule has 1 amide bonds. The van der Waals surface area contributed by atoms with Crippen molar-refractivity contribution in [3.63, 3.8) is 0 Å². The first-order valence-electron chi connectivity index (χ1n) is 30.2. The van der Waals surface area contributed by atoms with Crippen molar-refractivity contribution in [3.8, 4) is 0 Å². The van der Waals surface area contributed by atoms with Gasteiger partial charge in [-0.2, -0.15) is 0 Å². The van der Waals surface area contributed by atoms with Crippen molar-refractivity contribution >= 4 is 5.91 Å². The topological polar surface area (TPSA) is 69.6 Å². The van der Waals surface area contributed by atoms with E-state index in [1.807, 2.05) is 6.08 Å². The molecule has 66 heavy (non-hydrogen) atoms. The van der Waals surface area contributed by atoms with Gasteiger partial charge in [-0.25, -0.2) is 0 Å². The second kappa shape index (κ2) is 57.9. The lowest BCUT2D eigenvalue weighted by Crippen LogP contribution is -2.45. The maximum absolute atomic E-state index is 12.5. The number of unbranched alkanes of at least 4 members (excludes halogenated alkanes) is 45. The monoisotopic (exact) mass is 926 g/mol. The lowest BCUT2D eigenvalue weighted by molar-refractivity contribution is -0.123. The van der Waals surface area contributed by atoms with E-state index < -0.39 is 12.1 Å². The minimum absolute atomic E-state index is 0.0600. The first-order chi connectivity index (χ1) is 32.7. The minimum Gasteiger partial charge on any atom is -0.394 e. The van der Waals surface area contributed by atoms with E-state index in [1.165, 1.54) is 283 Å². The molecular weight excluding hydrogens is 807 g/mol. The number of amides is 1. The van der Waals surface area contributed by atoms with Crippen LogP contribution in [-0.4, -0.2) is 34.9 Å². The maximum atomic E-state index is 12.5. The van der Waals surface area contributed by atoms with Crippen LogP contribution in [0.15, 0.2) is 36.5 Å². The van der Waals surface area contributed by atoms with E-state index in [1.54, 1.807) is 6.08 Å². The van der Waals surface area contributed by atoms with E-state index in [9.17, 15) is 15.0 Å². The van der Waals surface area contributed by atoms with Crippen LogP contribution in [0.25, 0.3) is 0 Å². The van der Waals surface area contributed by atoms with Crippen molar-refractivity contribution in [2.75, 3.05) is 6.61 Å². The Kier molecular flexibility index (Phi) is 56.7. The van der Waals surface area contributed by atoms with E-state index in [0.717, 1.165) is 32.1 Å². The lowest BCUT2D eigenvalue weighted by atomic mass is 10.0. The van der Waals surface area contributed by atoms with Crippen molar-refractivity contribution in [2.24, 2.45) is 0 Å². The normalized spacial score (nSPS) is 13.0. The van der Waals surface area contributed by atoms with Crippen molar-refractivity contribution in [3.05, 3.63) is 36.5 Å². The van der Waals surface area contributed by atoms with E-state index >= 15 is 0 Å². The van der Waals surface area contributed by atoms with Gasteiger partial charge in [0.15, 0.2) is 0 Å². The van der Waals surface area contributed by atoms with Gasteiger partial charge in [0.25, 0.3) is 0 Å². The van der Waals surface area contributed by atoms with E-state index in [2.05, 4.69) is 43.5 Å². The van der Waals surface area contributed by atoms with Crippen LogP contribution in [0.2, 0.25) is 0 Å². The molecule has 0 rings (SSSR count). The number of allylic oxidation sites excluding steroid dienone is 5. The summed E-state index contributed by atoms with van der Waals surface area (Å²) in [6.45, 7) is 4.35. The summed E-state index contributed by atoms with van der Waals surface area (Å²) in [5.41, 5.74) is 0. The third-order valence-electron chi connectivity index (χ3n) is 14.1. The Labute approximate surface area is 414 Å². The fourth-order valence-corrected chi connectivity index (χ4v) is 9.51. The Morgan fingerprint density at radius 3 is 0.909 bits per heavy atom. The Morgan fingerprint density at radius 2 is 0.621 bits per heavy atom. The summed E-state index contributed by atoms with van der Waals surface area (Å²) in [6, 6.07) is -0.623. The highest BCUT2D eigenvalue weighted by molar-refractivity contribution is 5.76. The van der Waals surface area contributed by atoms with Gasteiger partial charge in [0, 0.05) is 6.42 Å².